The highest BCUT2D eigenvalue weighted by molar-refractivity contribution is 6.09. The lowest BCUT2D eigenvalue weighted by atomic mass is 10.0. The molecule has 0 fully saturated rings. The van der Waals surface area contributed by atoms with Crippen LogP contribution in [0, 0.1) is 0 Å². The predicted octanol–water partition coefficient (Wildman–Crippen LogP) is 5.67. The highest BCUT2D eigenvalue weighted by atomic mass is 16.1. The van der Waals surface area contributed by atoms with E-state index in [1.54, 1.807) is 6.08 Å². The van der Waals surface area contributed by atoms with E-state index < -0.39 is 0 Å². The lowest BCUT2D eigenvalue weighted by Crippen LogP contribution is -1.95. The standard InChI is InChI=1S/C23H18O/c24-23(21-14-8-3-9-15-21)18-22(20-12-6-2-7-13-20)17-16-19-10-4-1-5-11-19/h1-18H. The third-order valence-electron chi connectivity index (χ3n) is 3.71. The number of benzene rings is 3. The first-order valence-corrected chi connectivity index (χ1v) is 7.92. The first-order chi connectivity index (χ1) is 11.8. The van der Waals surface area contributed by atoms with Crippen LogP contribution in [0.5, 0.6) is 0 Å². The maximum Gasteiger partial charge on any atom is 0.186 e. The minimum Gasteiger partial charge on any atom is -0.289 e. The molecule has 0 N–H and O–H groups in total. The molecule has 0 heterocycles. The summed E-state index contributed by atoms with van der Waals surface area (Å²) in [6.45, 7) is 0. The van der Waals surface area contributed by atoms with Crippen LogP contribution in [0.15, 0.2) is 103 Å². The number of hydrogen-bond acceptors (Lipinski definition) is 1. The Labute approximate surface area is 142 Å². The van der Waals surface area contributed by atoms with E-state index in [-0.39, 0.29) is 5.78 Å². The molecule has 0 aliphatic heterocycles. The molecule has 24 heavy (non-hydrogen) atoms. The van der Waals surface area contributed by atoms with Crippen LogP contribution in [0.2, 0.25) is 0 Å². The van der Waals surface area contributed by atoms with Gasteiger partial charge in [0.1, 0.15) is 0 Å². The molecule has 1 heteroatoms. The van der Waals surface area contributed by atoms with Crippen LogP contribution in [0.3, 0.4) is 0 Å². The molecule has 0 radical (unpaired) electrons. The Morgan fingerprint density at radius 3 is 1.71 bits per heavy atom. The molecule has 3 rings (SSSR count). The van der Waals surface area contributed by atoms with E-state index in [9.17, 15) is 4.79 Å². The Balaban J connectivity index is 1.95. The molecule has 1 nitrogen and oxygen atoms in total. The highest BCUT2D eigenvalue weighted by Gasteiger charge is 2.04. The normalized spacial score (nSPS) is 11.6. The van der Waals surface area contributed by atoms with E-state index >= 15 is 0 Å². The lowest BCUT2D eigenvalue weighted by molar-refractivity contribution is 0.104. The van der Waals surface area contributed by atoms with Crippen molar-refractivity contribution in [3.05, 3.63) is 120 Å². The molecular weight excluding hydrogens is 292 g/mol. The summed E-state index contributed by atoms with van der Waals surface area (Å²) in [5, 5.41) is 0. The molecule has 0 aliphatic carbocycles. The predicted molar refractivity (Wildman–Crippen MR) is 101 cm³/mol. The van der Waals surface area contributed by atoms with Gasteiger partial charge in [-0.3, -0.25) is 4.79 Å². The molecule has 116 valence electrons. The van der Waals surface area contributed by atoms with E-state index in [0.29, 0.717) is 5.56 Å². The summed E-state index contributed by atoms with van der Waals surface area (Å²) in [6.07, 6.45) is 5.72. The first kappa shape index (κ1) is 15.7. The molecule has 0 atom stereocenters. The topological polar surface area (TPSA) is 17.1 Å². The smallest absolute Gasteiger partial charge is 0.186 e. The van der Waals surface area contributed by atoms with Crippen LogP contribution < -0.4 is 0 Å². The van der Waals surface area contributed by atoms with E-state index in [1.807, 2.05) is 103 Å². The fourth-order valence-electron chi connectivity index (χ4n) is 2.44. The fraction of sp³-hybridized carbons (Fsp3) is 0. The largest absolute Gasteiger partial charge is 0.289 e. The second-order valence-corrected chi connectivity index (χ2v) is 5.44. The average Bonchev–Trinajstić information content (AvgIpc) is 2.67. The van der Waals surface area contributed by atoms with Crippen molar-refractivity contribution in [3.8, 4) is 0 Å². The van der Waals surface area contributed by atoms with Gasteiger partial charge in [-0.05, 0) is 22.8 Å². The lowest BCUT2D eigenvalue weighted by Gasteiger charge is -2.03. The van der Waals surface area contributed by atoms with Crippen LogP contribution in [0.25, 0.3) is 11.6 Å². The second-order valence-electron chi connectivity index (χ2n) is 5.44. The molecule has 0 saturated carbocycles. The minimum absolute atomic E-state index is 0.00663. The second kappa shape index (κ2) is 7.89. The Bertz CT molecular complexity index is 844. The van der Waals surface area contributed by atoms with Gasteiger partial charge in [0.05, 0.1) is 0 Å². The Morgan fingerprint density at radius 1 is 0.625 bits per heavy atom. The third-order valence-corrected chi connectivity index (χ3v) is 3.71. The van der Waals surface area contributed by atoms with Gasteiger partial charge in [0.15, 0.2) is 5.78 Å². The number of carbonyl (C=O) groups is 1. The van der Waals surface area contributed by atoms with Crippen LogP contribution in [0.1, 0.15) is 21.5 Å². The molecule has 0 bridgehead atoms. The van der Waals surface area contributed by atoms with Gasteiger partial charge < -0.3 is 0 Å². The van der Waals surface area contributed by atoms with Gasteiger partial charge in [0.2, 0.25) is 0 Å². The van der Waals surface area contributed by atoms with Gasteiger partial charge in [-0.15, -0.1) is 0 Å². The molecule has 0 aliphatic rings. The zero-order valence-electron chi connectivity index (χ0n) is 13.3. The SMILES string of the molecule is O=C(C=C(C=Cc1ccccc1)c1ccccc1)c1ccccc1. The molecular formula is C23H18O. The summed E-state index contributed by atoms with van der Waals surface area (Å²) in [5.41, 5.74) is 3.72. The minimum atomic E-state index is 0.00663. The van der Waals surface area contributed by atoms with Gasteiger partial charge in [0, 0.05) is 5.56 Å². The van der Waals surface area contributed by atoms with Gasteiger partial charge in [-0.25, -0.2) is 0 Å². The molecule has 0 amide bonds. The van der Waals surface area contributed by atoms with E-state index in [0.717, 1.165) is 16.7 Å². The van der Waals surface area contributed by atoms with Crippen LogP contribution in [-0.2, 0) is 0 Å². The summed E-state index contributed by atoms with van der Waals surface area (Å²) in [6, 6.07) is 29.4. The van der Waals surface area contributed by atoms with E-state index in [1.165, 1.54) is 0 Å². The van der Waals surface area contributed by atoms with Crippen molar-refractivity contribution >= 4 is 17.4 Å². The van der Waals surface area contributed by atoms with Gasteiger partial charge in [-0.1, -0.05) is 103 Å². The quantitative estimate of drug-likeness (QED) is 0.337. The number of carbonyl (C=O) groups excluding carboxylic acids is 1. The third kappa shape index (κ3) is 4.17. The van der Waals surface area contributed by atoms with Crippen LogP contribution >= 0.6 is 0 Å². The van der Waals surface area contributed by atoms with Crippen molar-refractivity contribution in [2.75, 3.05) is 0 Å². The summed E-state index contributed by atoms with van der Waals surface area (Å²) < 4.78 is 0. The molecule has 3 aromatic rings. The van der Waals surface area contributed by atoms with Crippen LogP contribution in [0.4, 0.5) is 0 Å². The summed E-state index contributed by atoms with van der Waals surface area (Å²) in [4.78, 5) is 12.5. The fourth-order valence-corrected chi connectivity index (χ4v) is 2.44. The molecule has 0 unspecified atom stereocenters. The van der Waals surface area contributed by atoms with Crippen molar-refractivity contribution in [1.29, 1.82) is 0 Å². The Hall–Kier alpha value is -3.19. The summed E-state index contributed by atoms with van der Waals surface area (Å²) >= 11 is 0. The molecule has 0 saturated heterocycles. The van der Waals surface area contributed by atoms with Crippen molar-refractivity contribution < 1.29 is 4.79 Å². The molecule has 0 spiro atoms. The zero-order chi connectivity index (χ0) is 16.6. The first-order valence-electron chi connectivity index (χ1n) is 7.92. The monoisotopic (exact) mass is 310 g/mol. The van der Waals surface area contributed by atoms with Crippen molar-refractivity contribution in [2.24, 2.45) is 0 Å². The van der Waals surface area contributed by atoms with Crippen LogP contribution in [-0.4, -0.2) is 5.78 Å². The molecule has 3 aromatic carbocycles. The number of hydrogen-bond donors (Lipinski definition) is 0. The Kier molecular flexibility index (Phi) is 5.16. The Morgan fingerprint density at radius 2 is 1.12 bits per heavy atom. The average molecular weight is 310 g/mol. The van der Waals surface area contributed by atoms with E-state index in [4.69, 9.17) is 0 Å². The number of allylic oxidation sites excluding steroid dienone is 3. The summed E-state index contributed by atoms with van der Waals surface area (Å²) in [7, 11) is 0. The molecule has 0 aromatic heterocycles. The number of rotatable bonds is 5. The van der Waals surface area contributed by atoms with Gasteiger partial charge >= 0.3 is 0 Å². The maximum atomic E-state index is 12.5. The van der Waals surface area contributed by atoms with Gasteiger partial charge in [-0.2, -0.15) is 0 Å². The summed E-state index contributed by atoms with van der Waals surface area (Å²) in [5.74, 6) is 0.00663. The highest BCUT2D eigenvalue weighted by Crippen LogP contribution is 2.18. The van der Waals surface area contributed by atoms with Gasteiger partial charge in [0.25, 0.3) is 0 Å². The van der Waals surface area contributed by atoms with Crippen molar-refractivity contribution in [2.45, 2.75) is 0 Å². The van der Waals surface area contributed by atoms with Crippen molar-refractivity contribution in [1.82, 2.24) is 0 Å². The van der Waals surface area contributed by atoms with Crippen molar-refractivity contribution in [3.63, 3.8) is 0 Å². The maximum absolute atomic E-state index is 12.5. The van der Waals surface area contributed by atoms with E-state index in [2.05, 4.69) is 0 Å². The zero-order valence-corrected chi connectivity index (χ0v) is 13.3. The number of ketones is 1.